The van der Waals surface area contributed by atoms with Gasteiger partial charge >= 0.3 is 0 Å². The zero-order valence-electron chi connectivity index (χ0n) is 15.6. The summed E-state index contributed by atoms with van der Waals surface area (Å²) in [6, 6.07) is 16.1. The van der Waals surface area contributed by atoms with Gasteiger partial charge in [-0.3, -0.25) is 9.52 Å². The molecule has 0 radical (unpaired) electrons. The Hall–Kier alpha value is -3.43. The highest BCUT2D eigenvalue weighted by Gasteiger charge is 2.19. The van der Waals surface area contributed by atoms with Gasteiger partial charge in [0.15, 0.2) is 0 Å². The van der Waals surface area contributed by atoms with Gasteiger partial charge in [-0.25, -0.2) is 8.42 Å². The fraction of sp³-hybridized carbons (Fsp3) is 0.0500. The van der Waals surface area contributed by atoms with Crippen LogP contribution in [-0.4, -0.2) is 21.4 Å². The molecule has 1 amide bonds. The van der Waals surface area contributed by atoms with Crippen molar-refractivity contribution in [3.63, 3.8) is 0 Å². The lowest BCUT2D eigenvalue weighted by Gasteiger charge is -2.11. The molecule has 8 nitrogen and oxygen atoms in total. The average Bonchev–Trinajstić information content (AvgIpc) is 2.74. The van der Waals surface area contributed by atoms with E-state index >= 15 is 0 Å². The molecular weight excluding hydrogens is 430 g/mol. The second kappa shape index (κ2) is 8.93. The Labute approximate surface area is 177 Å². The number of ether oxygens (including phenoxy) is 1. The monoisotopic (exact) mass is 445 g/mol. The number of carbonyl (C=O) groups excluding carboxylic acids is 1. The molecule has 0 aliphatic carbocycles. The number of nitrogens with zero attached hydrogens (tertiary/aromatic N) is 1. The molecule has 2 N–H and O–H groups in total. The van der Waals surface area contributed by atoms with Crippen LogP contribution in [0.15, 0.2) is 76.8 Å². The van der Waals surface area contributed by atoms with Crippen LogP contribution >= 0.6 is 11.6 Å². The van der Waals surface area contributed by atoms with Gasteiger partial charge in [0.25, 0.3) is 15.9 Å². The van der Waals surface area contributed by atoms with E-state index in [1.807, 2.05) is 0 Å². The van der Waals surface area contributed by atoms with Crippen LogP contribution in [0.1, 0.15) is 10.4 Å². The summed E-state index contributed by atoms with van der Waals surface area (Å²) in [4.78, 5) is 23.1. The molecule has 3 aromatic carbocycles. The van der Waals surface area contributed by atoms with Crippen LogP contribution in [0, 0.1) is 4.91 Å². The first kappa shape index (κ1) is 21.3. The molecule has 0 aliphatic heterocycles. The minimum absolute atomic E-state index is 0.0428. The predicted molar refractivity (Wildman–Crippen MR) is 115 cm³/mol. The summed E-state index contributed by atoms with van der Waals surface area (Å²) >= 11 is 6.10. The maximum atomic E-state index is 12.7. The molecule has 3 aromatic rings. The number of sulfonamides is 1. The highest BCUT2D eigenvalue weighted by Crippen LogP contribution is 2.25. The molecule has 154 valence electrons. The fourth-order valence-electron chi connectivity index (χ4n) is 2.56. The van der Waals surface area contributed by atoms with Crippen molar-refractivity contribution >= 4 is 44.6 Å². The number of amides is 1. The van der Waals surface area contributed by atoms with Gasteiger partial charge < -0.3 is 10.1 Å². The van der Waals surface area contributed by atoms with E-state index in [4.69, 9.17) is 16.3 Å². The van der Waals surface area contributed by atoms with E-state index in [1.165, 1.54) is 37.4 Å². The van der Waals surface area contributed by atoms with Crippen LogP contribution < -0.4 is 14.8 Å². The van der Waals surface area contributed by atoms with E-state index in [2.05, 4.69) is 15.2 Å². The molecule has 0 spiro atoms. The lowest BCUT2D eigenvalue weighted by atomic mass is 10.2. The number of methoxy groups -OCH3 is 1. The molecule has 10 heteroatoms. The normalized spacial score (nSPS) is 10.9. The Balaban J connectivity index is 1.85. The lowest BCUT2D eigenvalue weighted by Crippen LogP contribution is -2.16. The highest BCUT2D eigenvalue weighted by atomic mass is 35.5. The van der Waals surface area contributed by atoms with Crippen molar-refractivity contribution in [2.24, 2.45) is 5.18 Å². The number of nitroso groups, excluding NO2 is 1. The first-order valence-electron chi connectivity index (χ1n) is 8.53. The highest BCUT2D eigenvalue weighted by molar-refractivity contribution is 7.92. The number of nitrogens with one attached hydrogen (secondary N) is 2. The third-order valence-corrected chi connectivity index (χ3v) is 5.75. The van der Waals surface area contributed by atoms with Gasteiger partial charge in [-0.05, 0) is 65.8 Å². The van der Waals surface area contributed by atoms with Gasteiger partial charge in [0.1, 0.15) is 11.4 Å². The number of benzene rings is 3. The fourth-order valence-corrected chi connectivity index (χ4v) is 3.85. The SMILES string of the molecule is COc1ccc(NS(=O)(=O)c2ccc(Cl)c(C(=O)Nc3cccc(N=O)c3)c2)cc1. The second-order valence-corrected chi connectivity index (χ2v) is 8.16. The minimum atomic E-state index is -3.97. The van der Waals surface area contributed by atoms with Crippen LogP contribution in [-0.2, 0) is 10.0 Å². The quantitative estimate of drug-likeness (QED) is 0.507. The first-order valence-corrected chi connectivity index (χ1v) is 10.4. The molecule has 0 saturated heterocycles. The topological polar surface area (TPSA) is 114 Å². The van der Waals surface area contributed by atoms with Crippen LogP contribution in [0.5, 0.6) is 5.75 Å². The summed E-state index contributed by atoms with van der Waals surface area (Å²) in [6.07, 6.45) is 0. The molecule has 0 atom stereocenters. The van der Waals surface area contributed by atoms with E-state index < -0.39 is 15.9 Å². The molecule has 0 fully saturated rings. The zero-order chi connectivity index (χ0) is 21.7. The van der Waals surface area contributed by atoms with Crippen LogP contribution in [0.4, 0.5) is 17.1 Å². The molecule has 0 unspecified atom stereocenters. The first-order chi connectivity index (χ1) is 14.3. The minimum Gasteiger partial charge on any atom is -0.497 e. The van der Waals surface area contributed by atoms with Gasteiger partial charge in [-0.2, -0.15) is 0 Å². The standard InChI is InChI=1S/C20H16ClN3O5S/c1-29-16-7-5-13(6-8-16)24-30(27,28)17-9-10-19(21)18(12-17)20(25)22-14-3-2-4-15(11-14)23-26/h2-12,24H,1H3,(H,22,25). The van der Waals surface area contributed by atoms with E-state index in [9.17, 15) is 18.1 Å². The van der Waals surface area contributed by atoms with Crippen LogP contribution in [0.25, 0.3) is 0 Å². The summed E-state index contributed by atoms with van der Waals surface area (Å²) in [5.41, 5.74) is 0.741. The maximum Gasteiger partial charge on any atom is 0.261 e. The molecule has 0 aromatic heterocycles. The maximum absolute atomic E-state index is 12.7. The number of anilines is 2. The van der Waals surface area contributed by atoms with Crippen molar-refractivity contribution < 1.29 is 17.9 Å². The van der Waals surface area contributed by atoms with E-state index in [1.54, 1.807) is 36.4 Å². The van der Waals surface area contributed by atoms with Crippen molar-refractivity contribution in [1.29, 1.82) is 0 Å². The summed E-state index contributed by atoms with van der Waals surface area (Å²) in [5, 5.41) is 5.44. The molecule has 0 aliphatic rings. The van der Waals surface area contributed by atoms with Crippen molar-refractivity contribution in [3.8, 4) is 5.75 Å². The van der Waals surface area contributed by atoms with Gasteiger partial charge in [0.05, 0.1) is 22.6 Å². The molecule has 0 bridgehead atoms. The third-order valence-electron chi connectivity index (χ3n) is 4.04. The number of halogens is 1. The number of carbonyl (C=O) groups is 1. The summed E-state index contributed by atoms with van der Waals surface area (Å²) in [6.45, 7) is 0. The Morgan fingerprint density at radius 3 is 2.40 bits per heavy atom. The Bertz CT molecular complexity index is 1200. The predicted octanol–water partition coefficient (Wildman–Crippen LogP) is 4.80. The molecule has 30 heavy (non-hydrogen) atoms. The largest absolute Gasteiger partial charge is 0.497 e. The average molecular weight is 446 g/mol. The molecule has 0 heterocycles. The Morgan fingerprint density at radius 1 is 1.00 bits per heavy atom. The van der Waals surface area contributed by atoms with Gasteiger partial charge in [0.2, 0.25) is 0 Å². The molecular formula is C20H16ClN3O5S. The van der Waals surface area contributed by atoms with E-state index in [0.29, 0.717) is 17.1 Å². The Morgan fingerprint density at radius 2 is 1.73 bits per heavy atom. The van der Waals surface area contributed by atoms with Gasteiger partial charge in [0, 0.05) is 11.4 Å². The van der Waals surface area contributed by atoms with Crippen molar-refractivity contribution in [3.05, 3.63) is 82.2 Å². The molecule has 3 rings (SSSR count). The molecule has 0 saturated carbocycles. The number of hydrogen-bond donors (Lipinski definition) is 2. The summed E-state index contributed by atoms with van der Waals surface area (Å²) in [5.74, 6) is -0.0539. The number of rotatable bonds is 7. The van der Waals surface area contributed by atoms with E-state index in [-0.39, 0.29) is 21.2 Å². The summed E-state index contributed by atoms with van der Waals surface area (Å²) in [7, 11) is -2.47. The van der Waals surface area contributed by atoms with Crippen LogP contribution in [0.3, 0.4) is 0 Å². The second-order valence-electron chi connectivity index (χ2n) is 6.07. The van der Waals surface area contributed by atoms with Gasteiger partial charge in [-0.1, -0.05) is 17.7 Å². The number of hydrogen-bond acceptors (Lipinski definition) is 6. The van der Waals surface area contributed by atoms with Gasteiger partial charge in [-0.15, -0.1) is 4.91 Å². The zero-order valence-corrected chi connectivity index (χ0v) is 17.2. The van der Waals surface area contributed by atoms with E-state index in [0.717, 1.165) is 0 Å². The van der Waals surface area contributed by atoms with Crippen molar-refractivity contribution in [1.82, 2.24) is 0 Å². The third kappa shape index (κ3) is 4.94. The van der Waals surface area contributed by atoms with Crippen molar-refractivity contribution in [2.45, 2.75) is 4.90 Å². The van der Waals surface area contributed by atoms with Crippen molar-refractivity contribution in [2.75, 3.05) is 17.1 Å². The lowest BCUT2D eigenvalue weighted by molar-refractivity contribution is 0.102. The smallest absolute Gasteiger partial charge is 0.261 e. The Kier molecular flexibility index (Phi) is 6.34. The summed E-state index contributed by atoms with van der Waals surface area (Å²) < 4.78 is 32.9. The van der Waals surface area contributed by atoms with Crippen LogP contribution in [0.2, 0.25) is 5.02 Å².